The molecule has 1 aromatic rings. The number of fused-ring (bicyclic) bond motifs is 1. The number of hydrogen-bond acceptors (Lipinski definition) is 4. The van der Waals surface area contributed by atoms with E-state index < -0.39 is 5.97 Å². The average Bonchev–Trinajstić information content (AvgIpc) is 2.34. The molecule has 0 fully saturated rings. The molecule has 5 nitrogen and oxygen atoms in total. The molecule has 0 bridgehead atoms. The maximum absolute atomic E-state index is 12.0. The Morgan fingerprint density at radius 1 is 1.65 bits per heavy atom. The molecule has 1 atom stereocenters. The van der Waals surface area contributed by atoms with E-state index in [-0.39, 0.29) is 18.4 Å². The Morgan fingerprint density at radius 3 is 3.12 bits per heavy atom. The molecule has 0 aliphatic carbocycles. The zero-order valence-electron chi connectivity index (χ0n) is 9.84. The maximum Gasteiger partial charge on any atom is 0.325 e. The molecule has 0 aromatic carbocycles. The van der Waals surface area contributed by atoms with Crippen LogP contribution in [0.2, 0.25) is 0 Å². The van der Waals surface area contributed by atoms with Crippen molar-refractivity contribution in [1.29, 1.82) is 0 Å². The first-order chi connectivity index (χ1) is 8.13. The zero-order valence-corrected chi connectivity index (χ0v) is 9.84. The summed E-state index contributed by atoms with van der Waals surface area (Å²) in [6, 6.07) is 3.56. The second kappa shape index (κ2) is 4.53. The molecule has 0 N–H and O–H groups in total. The topological polar surface area (TPSA) is 59.5 Å². The summed E-state index contributed by atoms with van der Waals surface area (Å²) < 4.78 is 4.60. The monoisotopic (exact) mass is 234 g/mol. The Morgan fingerprint density at radius 2 is 2.41 bits per heavy atom. The normalized spacial score (nSPS) is 18.8. The number of amides is 1. The van der Waals surface area contributed by atoms with Crippen molar-refractivity contribution in [3.63, 3.8) is 0 Å². The van der Waals surface area contributed by atoms with Crippen LogP contribution in [0.3, 0.4) is 0 Å². The molecule has 5 heteroatoms. The lowest BCUT2D eigenvalue weighted by molar-refractivity contribution is -0.140. The van der Waals surface area contributed by atoms with E-state index in [1.165, 1.54) is 12.0 Å². The summed E-state index contributed by atoms with van der Waals surface area (Å²) in [5.41, 5.74) is 1.56. The number of carbonyl (C=O) groups is 2. The van der Waals surface area contributed by atoms with Crippen LogP contribution in [0.1, 0.15) is 12.6 Å². The number of carbonyl (C=O) groups excluding carboxylic acids is 2. The summed E-state index contributed by atoms with van der Waals surface area (Å²) >= 11 is 0. The molecule has 0 spiro atoms. The second-order valence-corrected chi connectivity index (χ2v) is 4.07. The lowest BCUT2D eigenvalue weighted by Crippen LogP contribution is -2.43. The summed E-state index contributed by atoms with van der Waals surface area (Å²) in [5.74, 6) is -0.639. The van der Waals surface area contributed by atoms with Gasteiger partial charge in [-0.05, 0) is 12.1 Å². The van der Waals surface area contributed by atoms with Gasteiger partial charge >= 0.3 is 5.97 Å². The Bertz CT molecular complexity index is 459. The van der Waals surface area contributed by atoms with Gasteiger partial charge in [-0.3, -0.25) is 19.5 Å². The number of esters is 1. The molecule has 1 amide bonds. The van der Waals surface area contributed by atoms with E-state index in [9.17, 15) is 9.59 Å². The molecule has 1 aliphatic heterocycles. The van der Waals surface area contributed by atoms with Crippen LogP contribution in [-0.2, 0) is 20.7 Å². The SMILES string of the molecule is COC(=O)CN1C(=O)C(C)Cc2ncccc21. The van der Waals surface area contributed by atoms with Gasteiger partial charge in [0.25, 0.3) is 0 Å². The number of methoxy groups -OCH3 is 1. The number of aromatic nitrogens is 1. The van der Waals surface area contributed by atoms with Crippen molar-refractivity contribution >= 4 is 17.6 Å². The summed E-state index contributed by atoms with van der Waals surface area (Å²) in [6.07, 6.45) is 2.31. The molecule has 1 aliphatic rings. The predicted molar refractivity (Wildman–Crippen MR) is 61.5 cm³/mol. The van der Waals surface area contributed by atoms with Crippen molar-refractivity contribution in [2.45, 2.75) is 13.3 Å². The largest absolute Gasteiger partial charge is 0.468 e. The third kappa shape index (κ3) is 2.13. The first-order valence-corrected chi connectivity index (χ1v) is 5.45. The standard InChI is InChI=1S/C12H14N2O3/c1-8-6-9-10(4-3-5-13-9)14(12(8)16)7-11(15)17-2/h3-5,8H,6-7H2,1-2H3. The third-order valence-electron chi connectivity index (χ3n) is 2.86. The van der Waals surface area contributed by atoms with Crippen molar-refractivity contribution in [2.24, 2.45) is 5.92 Å². The van der Waals surface area contributed by atoms with Gasteiger partial charge in [-0.25, -0.2) is 0 Å². The molecular weight excluding hydrogens is 220 g/mol. The van der Waals surface area contributed by atoms with Crippen LogP contribution in [0.25, 0.3) is 0 Å². The van der Waals surface area contributed by atoms with Crippen molar-refractivity contribution in [3.8, 4) is 0 Å². The van der Waals surface area contributed by atoms with Gasteiger partial charge in [0.15, 0.2) is 0 Å². The number of anilines is 1. The van der Waals surface area contributed by atoms with Crippen LogP contribution in [0.15, 0.2) is 18.3 Å². The van der Waals surface area contributed by atoms with Crippen molar-refractivity contribution in [1.82, 2.24) is 4.98 Å². The minimum atomic E-state index is -0.428. The molecule has 0 radical (unpaired) electrons. The van der Waals surface area contributed by atoms with E-state index in [1.54, 1.807) is 18.3 Å². The Balaban J connectivity index is 2.35. The van der Waals surface area contributed by atoms with Crippen molar-refractivity contribution < 1.29 is 14.3 Å². The minimum Gasteiger partial charge on any atom is -0.468 e. The molecule has 2 rings (SSSR count). The molecule has 0 saturated heterocycles. The van der Waals surface area contributed by atoms with Crippen molar-refractivity contribution in [2.75, 3.05) is 18.6 Å². The Hall–Kier alpha value is -1.91. The average molecular weight is 234 g/mol. The van der Waals surface area contributed by atoms with E-state index in [2.05, 4.69) is 9.72 Å². The van der Waals surface area contributed by atoms with E-state index in [0.29, 0.717) is 12.1 Å². The highest BCUT2D eigenvalue weighted by Crippen LogP contribution is 2.28. The van der Waals surface area contributed by atoms with Crippen LogP contribution in [0.5, 0.6) is 0 Å². The number of hydrogen-bond donors (Lipinski definition) is 0. The highest BCUT2D eigenvalue weighted by Gasteiger charge is 2.31. The molecule has 0 saturated carbocycles. The maximum atomic E-state index is 12.0. The highest BCUT2D eigenvalue weighted by molar-refractivity contribution is 6.01. The number of ether oxygens (including phenoxy) is 1. The van der Waals surface area contributed by atoms with Gasteiger partial charge < -0.3 is 4.74 Å². The predicted octanol–water partition coefficient (Wildman–Crippen LogP) is 0.780. The first kappa shape index (κ1) is 11.6. The van der Waals surface area contributed by atoms with Gasteiger partial charge in [0.1, 0.15) is 6.54 Å². The molecule has 90 valence electrons. The highest BCUT2D eigenvalue weighted by atomic mass is 16.5. The van der Waals surface area contributed by atoms with Gasteiger partial charge in [0.05, 0.1) is 18.5 Å². The number of pyridine rings is 1. The number of rotatable bonds is 2. The fraction of sp³-hybridized carbons (Fsp3) is 0.417. The van der Waals surface area contributed by atoms with E-state index in [0.717, 1.165) is 5.69 Å². The zero-order chi connectivity index (χ0) is 12.4. The van der Waals surface area contributed by atoms with Gasteiger partial charge in [0, 0.05) is 18.5 Å². The van der Waals surface area contributed by atoms with E-state index in [1.807, 2.05) is 6.92 Å². The van der Waals surface area contributed by atoms with Crippen LogP contribution >= 0.6 is 0 Å². The Kier molecular flexibility index (Phi) is 3.08. The third-order valence-corrected chi connectivity index (χ3v) is 2.86. The van der Waals surface area contributed by atoms with Crippen LogP contribution < -0.4 is 4.90 Å². The lowest BCUT2D eigenvalue weighted by atomic mass is 9.97. The van der Waals surface area contributed by atoms with Crippen LogP contribution in [0, 0.1) is 5.92 Å². The van der Waals surface area contributed by atoms with Gasteiger partial charge in [-0.15, -0.1) is 0 Å². The van der Waals surface area contributed by atoms with E-state index in [4.69, 9.17) is 0 Å². The molecule has 2 heterocycles. The fourth-order valence-electron chi connectivity index (χ4n) is 1.95. The molecule has 1 aromatic heterocycles. The number of nitrogens with zero attached hydrogens (tertiary/aromatic N) is 2. The molecule has 17 heavy (non-hydrogen) atoms. The minimum absolute atomic E-state index is 0.0572. The lowest BCUT2D eigenvalue weighted by Gasteiger charge is -2.31. The molecular formula is C12H14N2O3. The second-order valence-electron chi connectivity index (χ2n) is 4.07. The van der Waals surface area contributed by atoms with Crippen LogP contribution in [-0.4, -0.2) is 30.5 Å². The van der Waals surface area contributed by atoms with Gasteiger partial charge in [-0.1, -0.05) is 6.92 Å². The Labute approximate surface area is 99.4 Å². The summed E-state index contributed by atoms with van der Waals surface area (Å²) in [6.45, 7) is 1.78. The van der Waals surface area contributed by atoms with E-state index >= 15 is 0 Å². The quantitative estimate of drug-likeness (QED) is 0.709. The summed E-state index contributed by atoms with van der Waals surface area (Å²) in [4.78, 5) is 29.0. The summed E-state index contributed by atoms with van der Waals surface area (Å²) in [7, 11) is 1.31. The van der Waals surface area contributed by atoms with Crippen molar-refractivity contribution in [3.05, 3.63) is 24.0 Å². The van der Waals surface area contributed by atoms with Gasteiger partial charge in [-0.2, -0.15) is 0 Å². The molecule has 1 unspecified atom stereocenters. The smallest absolute Gasteiger partial charge is 0.325 e. The summed E-state index contributed by atoms with van der Waals surface area (Å²) in [5, 5.41) is 0. The van der Waals surface area contributed by atoms with Gasteiger partial charge in [0.2, 0.25) is 5.91 Å². The fourth-order valence-corrected chi connectivity index (χ4v) is 1.95. The first-order valence-electron chi connectivity index (χ1n) is 5.45. The van der Waals surface area contributed by atoms with Crippen LogP contribution in [0.4, 0.5) is 5.69 Å².